The number of likely N-dealkylation sites (tertiary alicyclic amines) is 1. The van der Waals surface area contributed by atoms with Crippen LogP contribution in [-0.2, 0) is 0 Å². The topological polar surface area (TPSA) is 3.24 Å². The van der Waals surface area contributed by atoms with E-state index in [1.165, 1.54) is 41.5 Å². The van der Waals surface area contributed by atoms with Crippen molar-refractivity contribution in [3.05, 3.63) is 71.8 Å². The first-order valence-corrected chi connectivity index (χ1v) is 8.96. The van der Waals surface area contributed by atoms with E-state index >= 15 is 0 Å². The van der Waals surface area contributed by atoms with Crippen LogP contribution in [0.3, 0.4) is 0 Å². The van der Waals surface area contributed by atoms with Gasteiger partial charge in [0.1, 0.15) is 0 Å². The van der Waals surface area contributed by atoms with Gasteiger partial charge in [0.25, 0.3) is 0 Å². The molecular formula is C22H29N. The fourth-order valence-electron chi connectivity index (χ4n) is 4.27. The first kappa shape index (κ1) is 16.3. The Morgan fingerprint density at radius 2 is 2.00 bits per heavy atom. The Labute approximate surface area is 141 Å². The van der Waals surface area contributed by atoms with Crippen molar-refractivity contribution in [2.75, 3.05) is 13.1 Å². The third kappa shape index (κ3) is 3.21. The maximum absolute atomic E-state index is 4.43. The molecule has 0 aromatic heterocycles. The van der Waals surface area contributed by atoms with Gasteiger partial charge in [-0.1, -0.05) is 68.5 Å². The van der Waals surface area contributed by atoms with Gasteiger partial charge < -0.3 is 0 Å². The quantitative estimate of drug-likeness (QED) is 0.624. The Morgan fingerprint density at radius 3 is 2.61 bits per heavy atom. The predicted molar refractivity (Wildman–Crippen MR) is 99.3 cm³/mol. The summed E-state index contributed by atoms with van der Waals surface area (Å²) in [6.07, 6.45) is 6.28. The summed E-state index contributed by atoms with van der Waals surface area (Å²) in [5.41, 5.74) is 5.53. The molecule has 0 N–H and O–H groups in total. The Balaban J connectivity index is 1.76. The molecule has 0 saturated carbocycles. The van der Waals surface area contributed by atoms with E-state index in [4.69, 9.17) is 0 Å². The fourth-order valence-corrected chi connectivity index (χ4v) is 4.27. The van der Waals surface area contributed by atoms with Crippen LogP contribution in [0, 0.1) is 11.8 Å². The van der Waals surface area contributed by atoms with Crippen molar-refractivity contribution in [1.82, 2.24) is 4.90 Å². The minimum absolute atomic E-state index is 0.335. The van der Waals surface area contributed by atoms with E-state index in [0.717, 1.165) is 13.1 Å². The van der Waals surface area contributed by atoms with Crippen molar-refractivity contribution in [2.24, 2.45) is 11.8 Å². The first-order chi connectivity index (χ1) is 11.1. The lowest BCUT2D eigenvalue weighted by Gasteiger charge is -2.29. The molecule has 122 valence electrons. The normalized spacial score (nSPS) is 25.3. The number of nitrogens with zero attached hydrogens (tertiary/aromatic N) is 1. The lowest BCUT2D eigenvalue weighted by atomic mass is 9.94. The molecule has 1 aromatic rings. The highest BCUT2D eigenvalue weighted by Gasteiger charge is 2.41. The largest absolute Gasteiger partial charge is 0.291 e. The lowest BCUT2D eigenvalue weighted by Crippen LogP contribution is -2.28. The molecule has 1 aliphatic carbocycles. The zero-order valence-electron chi connectivity index (χ0n) is 14.6. The molecule has 2 unspecified atom stereocenters. The maximum Gasteiger partial charge on any atom is 0.0556 e. The molecule has 1 heteroatoms. The molecule has 0 bridgehead atoms. The SMILES string of the molecule is C=C1C(CCCC)=CC2CN([C@H](C(=C)C)c3ccccc3)CC12. The predicted octanol–water partition coefficient (Wildman–Crippen LogP) is 5.54. The number of benzene rings is 1. The molecule has 1 heterocycles. The second kappa shape index (κ2) is 6.88. The third-order valence-corrected chi connectivity index (χ3v) is 5.42. The number of fused-ring (bicyclic) bond motifs is 1. The van der Waals surface area contributed by atoms with E-state index in [-0.39, 0.29) is 0 Å². The Kier molecular flexibility index (Phi) is 4.87. The van der Waals surface area contributed by atoms with Crippen molar-refractivity contribution >= 4 is 0 Å². The molecule has 1 fully saturated rings. The van der Waals surface area contributed by atoms with Gasteiger partial charge in [0.15, 0.2) is 0 Å². The number of unbranched alkanes of at least 4 members (excludes halogenated alkanes) is 1. The van der Waals surface area contributed by atoms with E-state index < -0.39 is 0 Å². The van der Waals surface area contributed by atoms with Gasteiger partial charge in [0.05, 0.1) is 6.04 Å². The van der Waals surface area contributed by atoms with E-state index in [2.05, 4.69) is 68.3 Å². The summed E-state index contributed by atoms with van der Waals surface area (Å²) >= 11 is 0. The van der Waals surface area contributed by atoms with Gasteiger partial charge in [-0.2, -0.15) is 0 Å². The summed E-state index contributed by atoms with van der Waals surface area (Å²) in [6.45, 7) is 15.4. The fraction of sp³-hybridized carbons (Fsp3) is 0.455. The van der Waals surface area contributed by atoms with Crippen LogP contribution in [-0.4, -0.2) is 18.0 Å². The Hall–Kier alpha value is -1.60. The summed E-state index contributed by atoms with van der Waals surface area (Å²) in [6, 6.07) is 11.1. The lowest BCUT2D eigenvalue weighted by molar-refractivity contribution is 0.267. The van der Waals surface area contributed by atoms with E-state index in [1.54, 1.807) is 0 Å². The number of allylic oxidation sites excluding steroid dienone is 1. The van der Waals surface area contributed by atoms with Crippen LogP contribution in [0.1, 0.15) is 44.7 Å². The second-order valence-electron chi connectivity index (χ2n) is 7.20. The van der Waals surface area contributed by atoms with Gasteiger partial charge in [-0.3, -0.25) is 4.90 Å². The van der Waals surface area contributed by atoms with Crippen LogP contribution in [0.25, 0.3) is 0 Å². The molecule has 0 amide bonds. The number of hydrogen-bond acceptors (Lipinski definition) is 1. The van der Waals surface area contributed by atoms with Gasteiger partial charge >= 0.3 is 0 Å². The second-order valence-corrected chi connectivity index (χ2v) is 7.20. The molecule has 0 spiro atoms. The van der Waals surface area contributed by atoms with E-state index in [0.29, 0.717) is 17.9 Å². The molecule has 2 aliphatic rings. The van der Waals surface area contributed by atoms with Crippen molar-refractivity contribution in [2.45, 2.75) is 39.2 Å². The highest BCUT2D eigenvalue weighted by Crippen LogP contribution is 2.45. The Bertz CT molecular complexity index is 610. The highest BCUT2D eigenvalue weighted by atomic mass is 15.2. The van der Waals surface area contributed by atoms with Gasteiger partial charge in [-0.05, 0) is 42.4 Å². The zero-order valence-corrected chi connectivity index (χ0v) is 14.6. The molecule has 1 nitrogen and oxygen atoms in total. The first-order valence-electron chi connectivity index (χ1n) is 8.96. The third-order valence-electron chi connectivity index (χ3n) is 5.42. The van der Waals surface area contributed by atoms with Crippen LogP contribution in [0.5, 0.6) is 0 Å². The van der Waals surface area contributed by atoms with Crippen molar-refractivity contribution < 1.29 is 0 Å². The van der Waals surface area contributed by atoms with Crippen molar-refractivity contribution in [1.29, 1.82) is 0 Å². The zero-order chi connectivity index (χ0) is 16.4. The van der Waals surface area contributed by atoms with Gasteiger partial charge in [0, 0.05) is 19.0 Å². The van der Waals surface area contributed by atoms with Crippen LogP contribution in [0.4, 0.5) is 0 Å². The van der Waals surface area contributed by atoms with Gasteiger partial charge in [-0.15, -0.1) is 0 Å². The van der Waals surface area contributed by atoms with Gasteiger partial charge in [0.2, 0.25) is 0 Å². The molecule has 3 atom stereocenters. The molecule has 23 heavy (non-hydrogen) atoms. The minimum atomic E-state index is 0.335. The standard InChI is InChI=1S/C22H29N/c1-5-6-10-19-13-20-14-23(15-21(20)17(19)4)22(16(2)3)18-11-8-7-9-12-18/h7-9,11-13,20-22H,2,4-6,10,14-15H2,1,3H3/t20?,21?,22-/m1/s1. The van der Waals surface area contributed by atoms with Crippen LogP contribution < -0.4 is 0 Å². The summed E-state index contributed by atoms with van der Waals surface area (Å²) in [5.74, 6) is 1.27. The monoisotopic (exact) mass is 307 g/mol. The van der Waals surface area contributed by atoms with Crippen molar-refractivity contribution in [3.8, 4) is 0 Å². The summed E-state index contributed by atoms with van der Waals surface area (Å²) < 4.78 is 0. The molecule has 0 radical (unpaired) electrons. The van der Waals surface area contributed by atoms with Gasteiger partial charge in [-0.25, -0.2) is 0 Å². The van der Waals surface area contributed by atoms with Crippen LogP contribution in [0.2, 0.25) is 0 Å². The minimum Gasteiger partial charge on any atom is -0.291 e. The van der Waals surface area contributed by atoms with E-state index in [9.17, 15) is 0 Å². The van der Waals surface area contributed by atoms with Crippen LogP contribution in [0.15, 0.2) is 66.3 Å². The average molecular weight is 307 g/mol. The average Bonchev–Trinajstić information content (AvgIpc) is 3.06. The molecule has 1 aliphatic heterocycles. The molecule has 1 aromatic carbocycles. The molecular weight excluding hydrogens is 278 g/mol. The number of hydrogen-bond donors (Lipinski definition) is 0. The van der Waals surface area contributed by atoms with E-state index in [1.807, 2.05) is 0 Å². The summed E-state index contributed by atoms with van der Waals surface area (Å²) in [7, 11) is 0. The van der Waals surface area contributed by atoms with Crippen LogP contribution >= 0.6 is 0 Å². The Morgan fingerprint density at radius 1 is 1.26 bits per heavy atom. The highest BCUT2D eigenvalue weighted by molar-refractivity contribution is 5.40. The van der Waals surface area contributed by atoms with Crippen molar-refractivity contribution in [3.63, 3.8) is 0 Å². The smallest absolute Gasteiger partial charge is 0.0556 e. The summed E-state index contributed by atoms with van der Waals surface area (Å²) in [5, 5.41) is 0. The summed E-state index contributed by atoms with van der Waals surface area (Å²) in [4.78, 5) is 2.60. The molecule has 1 saturated heterocycles. The molecule has 3 rings (SSSR count). The number of rotatable bonds is 6. The maximum atomic E-state index is 4.43.